The van der Waals surface area contributed by atoms with Crippen molar-refractivity contribution in [1.82, 2.24) is 0 Å². The van der Waals surface area contributed by atoms with Crippen molar-refractivity contribution in [3.8, 4) is 11.5 Å². The molecule has 0 fully saturated rings. The van der Waals surface area contributed by atoms with Crippen LogP contribution in [0.1, 0.15) is 25.0 Å². The van der Waals surface area contributed by atoms with Gasteiger partial charge >= 0.3 is 0 Å². The monoisotopic (exact) mass is 266 g/mol. The maximum Gasteiger partial charge on any atom is 0.126 e. The predicted octanol–water partition coefficient (Wildman–Crippen LogP) is 4.41. The molecule has 102 valence electrons. The smallest absolute Gasteiger partial charge is 0.126 e. The average molecular weight is 266 g/mol. The van der Waals surface area contributed by atoms with Crippen LogP contribution in [0, 0.1) is 0 Å². The number of para-hydroxylation sites is 2. The zero-order valence-corrected chi connectivity index (χ0v) is 11.8. The van der Waals surface area contributed by atoms with Crippen LogP contribution in [-0.2, 0) is 0 Å². The highest BCUT2D eigenvalue weighted by atomic mass is 16.5. The lowest BCUT2D eigenvalue weighted by Crippen LogP contribution is -2.11. The number of hydrogen-bond donors (Lipinski definition) is 0. The van der Waals surface area contributed by atoms with Gasteiger partial charge in [-0.1, -0.05) is 36.4 Å². The lowest BCUT2D eigenvalue weighted by atomic mass is 9.95. The molecule has 0 saturated carbocycles. The van der Waals surface area contributed by atoms with Crippen LogP contribution in [0.15, 0.2) is 48.5 Å². The minimum Gasteiger partial charge on any atom is -0.489 e. The Morgan fingerprint density at radius 1 is 0.650 bits per heavy atom. The molecule has 3 rings (SSSR count). The fourth-order valence-corrected chi connectivity index (χ4v) is 2.51. The molecule has 0 amide bonds. The van der Waals surface area contributed by atoms with E-state index in [0.29, 0.717) is 13.2 Å². The Labute approximate surface area is 119 Å². The van der Waals surface area contributed by atoms with Gasteiger partial charge in [0.1, 0.15) is 24.7 Å². The summed E-state index contributed by atoms with van der Waals surface area (Å²) >= 11 is 0. The number of allylic oxidation sites excluding steroid dienone is 2. The Morgan fingerprint density at radius 3 is 1.50 bits per heavy atom. The quantitative estimate of drug-likeness (QED) is 0.703. The minimum absolute atomic E-state index is 0.553. The summed E-state index contributed by atoms with van der Waals surface area (Å²) in [7, 11) is 0. The molecule has 0 N–H and O–H groups in total. The third-order valence-electron chi connectivity index (χ3n) is 3.74. The van der Waals surface area contributed by atoms with Gasteiger partial charge < -0.3 is 9.47 Å². The van der Waals surface area contributed by atoms with Crippen molar-refractivity contribution in [2.45, 2.75) is 13.8 Å². The van der Waals surface area contributed by atoms with Gasteiger partial charge in [0.05, 0.1) is 0 Å². The zero-order chi connectivity index (χ0) is 13.9. The summed E-state index contributed by atoms with van der Waals surface area (Å²) < 4.78 is 11.7. The number of hydrogen-bond acceptors (Lipinski definition) is 2. The lowest BCUT2D eigenvalue weighted by molar-refractivity contribution is 0.216. The molecule has 0 spiro atoms. The zero-order valence-electron chi connectivity index (χ0n) is 11.8. The van der Waals surface area contributed by atoms with Crippen LogP contribution in [0.5, 0.6) is 11.5 Å². The summed E-state index contributed by atoms with van der Waals surface area (Å²) in [4.78, 5) is 0. The molecule has 2 heteroatoms. The van der Waals surface area contributed by atoms with Crippen molar-refractivity contribution in [1.29, 1.82) is 0 Å². The summed E-state index contributed by atoms with van der Waals surface area (Å²) in [6.45, 7) is 5.38. The van der Waals surface area contributed by atoms with E-state index in [2.05, 4.69) is 26.0 Å². The standard InChI is InChI=1S/C18H18O2/c1-13-14(2)16-8-4-6-10-18(16)20-12-11-19-17-9-5-3-7-15(13)17/h3-10H,11-12H2,1-2H3/b14-13-. The molecule has 0 unspecified atom stereocenters. The van der Waals surface area contributed by atoms with Gasteiger partial charge in [-0.2, -0.15) is 0 Å². The minimum atomic E-state index is 0.553. The van der Waals surface area contributed by atoms with Gasteiger partial charge in [-0.3, -0.25) is 0 Å². The second-order valence-electron chi connectivity index (χ2n) is 4.94. The van der Waals surface area contributed by atoms with Crippen LogP contribution in [0.25, 0.3) is 11.1 Å². The Hall–Kier alpha value is -2.22. The highest BCUT2D eigenvalue weighted by Gasteiger charge is 2.13. The largest absolute Gasteiger partial charge is 0.489 e. The molecule has 0 atom stereocenters. The molecule has 2 nitrogen and oxygen atoms in total. The Kier molecular flexibility index (Phi) is 3.46. The summed E-state index contributed by atoms with van der Waals surface area (Å²) in [5.41, 5.74) is 4.75. The summed E-state index contributed by atoms with van der Waals surface area (Å²) in [6, 6.07) is 16.3. The maximum absolute atomic E-state index is 5.84. The van der Waals surface area contributed by atoms with Crippen LogP contribution in [-0.4, -0.2) is 13.2 Å². The Balaban J connectivity index is 2.21. The van der Waals surface area contributed by atoms with Gasteiger partial charge in [-0.25, -0.2) is 0 Å². The second-order valence-corrected chi connectivity index (χ2v) is 4.94. The summed E-state index contributed by atoms with van der Waals surface area (Å²) in [5, 5.41) is 0. The van der Waals surface area contributed by atoms with E-state index in [9.17, 15) is 0 Å². The number of benzene rings is 2. The summed E-state index contributed by atoms with van der Waals surface area (Å²) in [6.07, 6.45) is 0. The van der Waals surface area contributed by atoms with Crippen LogP contribution >= 0.6 is 0 Å². The van der Waals surface area contributed by atoms with Gasteiger partial charge in [0, 0.05) is 11.1 Å². The molecule has 0 radical (unpaired) electrons. The highest BCUT2D eigenvalue weighted by molar-refractivity contribution is 5.92. The first-order valence-electron chi connectivity index (χ1n) is 6.89. The van der Waals surface area contributed by atoms with Crippen LogP contribution in [0.3, 0.4) is 0 Å². The number of rotatable bonds is 0. The van der Waals surface area contributed by atoms with Crippen LogP contribution < -0.4 is 9.47 Å². The Morgan fingerprint density at radius 2 is 1.05 bits per heavy atom. The number of ether oxygens (including phenoxy) is 2. The van der Waals surface area contributed by atoms with E-state index < -0.39 is 0 Å². The first-order valence-corrected chi connectivity index (χ1v) is 6.89. The van der Waals surface area contributed by atoms with Crippen molar-refractivity contribution in [3.05, 3.63) is 59.7 Å². The third kappa shape index (κ3) is 2.29. The van der Waals surface area contributed by atoms with Gasteiger partial charge in [-0.05, 0) is 37.1 Å². The molecule has 0 aliphatic carbocycles. The molecule has 20 heavy (non-hydrogen) atoms. The van der Waals surface area contributed by atoms with Crippen molar-refractivity contribution < 1.29 is 9.47 Å². The van der Waals surface area contributed by atoms with Gasteiger partial charge in [0.25, 0.3) is 0 Å². The predicted molar refractivity (Wildman–Crippen MR) is 82.0 cm³/mol. The lowest BCUT2D eigenvalue weighted by Gasteiger charge is -2.19. The first kappa shape index (κ1) is 12.8. The van der Waals surface area contributed by atoms with E-state index in [0.717, 1.165) is 22.6 Å². The number of fused-ring (bicyclic) bond motifs is 2. The molecule has 1 aliphatic heterocycles. The van der Waals surface area contributed by atoms with Crippen LogP contribution in [0.2, 0.25) is 0 Å². The average Bonchev–Trinajstić information content (AvgIpc) is 2.50. The Bertz CT molecular complexity index is 598. The van der Waals surface area contributed by atoms with Gasteiger partial charge in [0.2, 0.25) is 0 Å². The van der Waals surface area contributed by atoms with E-state index in [-0.39, 0.29) is 0 Å². The second kappa shape index (κ2) is 5.41. The third-order valence-corrected chi connectivity index (χ3v) is 3.74. The normalized spacial score (nSPS) is 18.3. The molecular weight excluding hydrogens is 248 g/mol. The van der Waals surface area contributed by atoms with E-state index in [1.165, 1.54) is 11.1 Å². The SMILES string of the molecule is C/C1=C(\C)c2ccccc2OCCOc2ccccc21. The fourth-order valence-electron chi connectivity index (χ4n) is 2.51. The maximum atomic E-state index is 5.84. The van der Waals surface area contributed by atoms with E-state index in [4.69, 9.17) is 9.47 Å². The van der Waals surface area contributed by atoms with Gasteiger partial charge in [-0.15, -0.1) is 0 Å². The van der Waals surface area contributed by atoms with Crippen molar-refractivity contribution >= 4 is 11.1 Å². The molecule has 2 aromatic carbocycles. The van der Waals surface area contributed by atoms with Crippen molar-refractivity contribution in [2.75, 3.05) is 13.2 Å². The molecule has 1 heterocycles. The fraction of sp³-hybridized carbons (Fsp3) is 0.222. The molecular formula is C18H18O2. The van der Waals surface area contributed by atoms with E-state index in [1.807, 2.05) is 36.4 Å². The highest BCUT2D eigenvalue weighted by Crippen LogP contribution is 2.35. The molecule has 0 bridgehead atoms. The van der Waals surface area contributed by atoms with E-state index >= 15 is 0 Å². The molecule has 0 saturated heterocycles. The first-order chi connectivity index (χ1) is 9.77. The molecule has 1 aliphatic rings. The molecule has 2 aromatic rings. The molecule has 0 aromatic heterocycles. The van der Waals surface area contributed by atoms with E-state index in [1.54, 1.807) is 0 Å². The van der Waals surface area contributed by atoms with Crippen molar-refractivity contribution in [3.63, 3.8) is 0 Å². The topological polar surface area (TPSA) is 18.5 Å². The van der Waals surface area contributed by atoms with Crippen molar-refractivity contribution in [2.24, 2.45) is 0 Å². The summed E-state index contributed by atoms with van der Waals surface area (Å²) in [5.74, 6) is 1.85. The van der Waals surface area contributed by atoms with Gasteiger partial charge in [0.15, 0.2) is 0 Å². The van der Waals surface area contributed by atoms with Crippen LogP contribution in [0.4, 0.5) is 0 Å².